The first-order valence-corrected chi connectivity index (χ1v) is 5.01. The zero-order valence-electron chi connectivity index (χ0n) is 10.1. The van der Waals surface area contributed by atoms with Crippen molar-refractivity contribution in [2.24, 2.45) is 0 Å². The number of ether oxygens (including phenoxy) is 1. The molecular weight excluding hydrogens is 198 g/mol. The van der Waals surface area contributed by atoms with Crippen molar-refractivity contribution < 1.29 is 24.2 Å². The fourth-order valence-corrected chi connectivity index (χ4v) is 1.24. The first kappa shape index (κ1) is 14.3. The number of hydrogen-bond acceptors (Lipinski definition) is 3. The second-order valence-corrected chi connectivity index (χ2v) is 4.85. The molecule has 0 rings (SSSR count). The molecule has 2 N–H and O–H groups in total. The summed E-state index contributed by atoms with van der Waals surface area (Å²) in [5, 5.41) is 18.6. The lowest BCUT2D eigenvalue weighted by Crippen LogP contribution is -2.53. The molecule has 0 aromatic heterocycles. The molecule has 0 heterocycles. The largest absolute Gasteiger partial charge is 0.481 e. The van der Waals surface area contributed by atoms with Gasteiger partial charge in [-0.1, -0.05) is 0 Å². The van der Waals surface area contributed by atoms with Gasteiger partial charge in [0.15, 0.2) is 0 Å². The fourth-order valence-electron chi connectivity index (χ4n) is 1.24. The van der Waals surface area contributed by atoms with E-state index in [1.807, 2.05) is 13.8 Å². The van der Waals surface area contributed by atoms with E-state index in [2.05, 4.69) is 0 Å². The monoisotopic (exact) mass is 220 g/mol. The lowest BCUT2D eigenvalue weighted by Gasteiger charge is -2.35. The highest BCUT2D eigenvalue weighted by molar-refractivity contribution is 5.67. The molecule has 0 saturated heterocycles. The Morgan fingerprint density at radius 2 is 1.80 bits per heavy atom. The molecule has 5 nitrogen and oxygen atoms in total. The van der Waals surface area contributed by atoms with Crippen molar-refractivity contribution in [2.75, 3.05) is 21.1 Å². The highest BCUT2D eigenvalue weighted by Gasteiger charge is 2.33. The molecule has 0 aromatic rings. The number of carboxylic acids is 1. The van der Waals surface area contributed by atoms with Gasteiger partial charge in [-0.05, 0) is 13.8 Å². The molecule has 2 atom stereocenters. The maximum absolute atomic E-state index is 10.6. The second-order valence-electron chi connectivity index (χ2n) is 4.85. The van der Waals surface area contributed by atoms with Gasteiger partial charge in [0.05, 0.1) is 33.7 Å². The molecule has 0 aromatic carbocycles. The predicted molar refractivity (Wildman–Crippen MR) is 56.3 cm³/mol. The van der Waals surface area contributed by atoms with E-state index < -0.39 is 18.3 Å². The van der Waals surface area contributed by atoms with Gasteiger partial charge in [-0.3, -0.25) is 4.79 Å². The smallest absolute Gasteiger partial charge is 0.306 e. The van der Waals surface area contributed by atoms with Gasteiger partial charge in [0.2, 0.25) is 6.23 Å². The van der Waals surface area contributed by atoms with Crippen molar-refractivity contribution in [1.82, 2.24) is 0 Å². The fraction of sp³-hybridized carbons (Fsp3) is 0.900. The van der Waals surface area contributed by atoms with Crippen LogP contribution in [-0.2, 0) is 9.53 Å². The van der Waals surface area contributed by atoms with E-state index in [0.29, 0.717) is 0 Å². The van der Waals surface area contributed by atoms with E-state index in [9.17, 15) is 9.90 Å². The second kappa shape index (κ2) is 5.44. The summed E-state index contributed by atoms with van der Waals surface area (Å²) in [6.45, 7) is 3.63. The molecule has 1 unspecified atom stereocenters. The van der Waals surface area contributed by atoms with Crippen molar-refractivity contribution in [1.29, 1.82) is 0 Å². The highest BCUT2D eigenvalue weighted by Crippen LogP contribution is 2.14. The number of aliphatic carboxylic acids is 1. The van der Waals surface area contributed by atoms with Crippen molar-refractivity contribution in [2.45, 2.75) is 38.7 Å². The van der Waals surface area contributed by atoms with Crippen LogP contribution in [0.5, 0.6) is 0 Å². The first-order valence-electron chi connectivity index (χ1n) is 5.01. The Hall–Kier alpha value is -0.650. The van der Waals surface area contributed by atoms with Gasteiger partial charge in [0, 0.05) is 0 Å². The number of carboxylic acid groups (broad SMARTS) is 1. The number of likely N-dealkylation sites (N-methyl/N-ethyl adjacent to an activating group) is 1. The number of nitrogens with zero attached hydrogens (tertiary/aromatic N) is 1. The molecule has 0 amide bonds. The van der Waals surface area contributed by atoms with Gasteiger partial charge >= 0.3 is 5.97 Å². The van der Waals surface area contributed by atoms with Crippen LogP contribution in [0.1, 0.15) is 20.3 Å². The first-order chi connectivity index (χ1) is 6.64. The van der Waals surface area contributed by atoms with Gasteiger partial charge in [0.25, 0.3) is 0 Å². The summed E-state index contributed by atoms with van der Waals surface area (Å²) in [5.74, 6) is -0.965. The summed E-state index contributed by atoms with van der Waals surface area (Å²) >= 11 is 0. The van der Waals surface area contributed by atoms with Crippen LogP contribution < -0.4 is 0 Å². The minimum Gasteiger partial charge on any atom is -0.481 e. The van der Waals surface area contributed by atoms with Crippen molar-refractivity contribution in [3.05, 3.63) is 0 Å². The Balaban J connectivity index is 4.54. The lowest BCUT2D eigenvalue weighted by molar-refractivity contribution is -0.923. The minimum absolute atomic E-state index is 0.101. The molecule has 0 aliphatic heterocycles. The van der Waals surface area contributed by atoms with Crippen LogP contribution in [0.4, 0.5) is 0 Å². The van der Waals surface area contributed by atoms with Crippen LogP contribution in [0.3, 0.4) is 0 Å². The molecule has 15 heavy (non-hydrogen) atoms. The summed E-state index contributed by atoms with van der Waals surface area (Å²) in [6.07, 6.45) is -1.81. The van der Waals surface area contributed by atoms with E-state index in [1.54, 1.807) is 21.1 Å². The molecule has 0 aliphatic rings. The van der Waals surface area contributed by atoms with E-state index in [-0.39, 0.29) is 17.0 Å². The van der Waals surface area contributed by atoms with Gasteiger partial charge in [-0.2, -0.15) is 0 Å². The lowest BCUT2D eigenvalue weighted by atomic mass is 10.2. The third-order valence-electron chi connectivity index (χ3n) is 1.95. The molecule has 0 radical (unpaired) electrons. The molecule has 0 spiro atoms. The van der Waals surface area contributed by atoms with Crippen LogP contribution in [0.25, 0.3) is 0 Å². The highest BCUT2D eigenvalue weighted by atomic mass is 16.5. The number of aliphatic hydroxyl groups is 1. The molecule has 0 fully saturated rings. The number of rotatable bonds is 6. The van der Waals surface area contributed by atoms with E-state index in [4.69, 9.17) is 9.84 Å². The molecule has 5 heteroatoms. The van der Waals surface area contributed by atoms with E-state index >= 15 is 0 Å². The summed E-state index contributed by atoms with van der Waals surface area (Å²) in [5.41, 5.74) is 0. The zero-order valence-corrected chi connectivity index (χ0v) is 10.1. The van der Waals surface area contributed by atoms with E-state index in [1.165, 1.54) is 0 Å². The maximum atomic E-state index is 10.6. The van der Waals surface area contributed by atoms with Gasteiger partial charge in [0.1, 0.15) is 6.10 Å². The summed E-state index contributed by atoms with van der Waals surface area (Å²) in [4.78, 5) is 10.6. The normalized spacial score (nSPS) is 16.5. The van der Waals surface area contributed by atoms with Crippen molar-refractivity contribution in [3.8, 4) is 0 Å². The Labute approximate surface area is 90.9 Å². The van der Waals surface area contributed by atoms with Crippen molar-refractivity contribution in [3.63, 3.8) is 0 Å². The molecule has 0 aliphatic carbocycles. The predicted octanol–water partition coefficient (Wildman–Crippen LogP) is 0.279. The average molecular weight is 220 g/mol. The SMILES string of the molecule is CC(C)O[C@@H](CC(=O)O)C(O)[N+](C)(C)C. The Morgan fingerprint density at radius 3 is 2.07 bits per heavy atom. The van der Waals surface area contributed by atoms with Gasteiger partial charge in [-0.15, -0.1) is 0 Å². The molecule has 0 saturated carbocycles. The minimum atomic E-state index is -0.965. The Morgan fingerprint density at radius 1 is 1.33 bits per heavy atom. The van der Waals surface area contributed by atoms with Crippen LogP contribution >= 0.6 is 0 Å². The molecule has 90 valence electrons. The van der Waals surface area contributed by atoms with Crippen LogP contribution in [-0.4, -0.2) is 60.2 Å². The van der Waals surface area contributed by atoms with Gasteiger partial charge in [-0.25, -0.2) is 0 Å². The van der Waals surface area contributed by atoms with E-state index in [0.717, 1.165) is 0 Å². The van der Waals surface area contributed by atoms with Crippen LogP contribution in [0.2, 0.25) is 0 Å². The molecule has 0 bridgehead atoms. The van der Waals surface area contributed by atoms with Crippen LogP contribution in [0.15, 0.2) is 0 Å². The Bertz CT molecular complexity index is 210. The summed E-state index contributed by atoms with van der Waals surface area (Å²) < 4.78 is 5.66. The summed E-state index contributed by atoms with van der Waals surface area (Å²) in [7, 11) is 5.38. The number of aliphatic hydroxyl groups excluding tert-OH is 1. The van der Waals surface area contributed by atoms with Crippen LogP contribution in [0, 0.1) is 0 Å². The quantitative estimate of drug-likeness (QED) is 0.498. The molecular formula is C10H22NO4+. The summed E-state index contributed by atoms with van der Waals surface area (Å²) in [6, 6.07) is 0. The third kappa shape index (κ3) is 5.71. The maximum Gasteiger partial charge on any atom is 0.306 e. The number of hydrogen-bond donors (Lipinski definition) is 2. The van der Waals surface area contributed by atoms with Gasteiger partial charge < -0.3 is 19.4 Å². The standard InChI is InChI=1S/C10H21NO4/c1-7(2)15-8(6-9(12)13)10(14)11(3,4)5/h7-8,10,14H,6H2,1-5H3/p+1/t8-,10?/m0/s1. The topological polar surface area (TPSA) is 66.8 Å². The zero-order chi connectivity index (χ0) is 12.2. The Kier molecular flexibility index (Phi) is 5.20. The average Bonchev–Trinajstić information content (AvgIpc) is 1.98. The number of carbonyl (C=O) groups is 1. The van der Waals surface area contributed by atoms with Crippen molar-refractivity contribution >= 4 is 5.97 Å². The number of quaternary nitrogens is 1. The third-order valence-corrected chi connectivity index (χ3v) is 1.95.